The van der Waals surface area contributed by atoms with E-state index >= 15 is 0 Å². The van der Waals surface area contributed by atoms with E-state index in [1.165, 1.54) is 0 Å². The van der Waals surface area contributed by atoms with Gasteiger partial charge in [0.25, 0.3) is 8.05 Å². The zero-order valence-electron chi connectivity index (χ0n) is 6.74. The summed E-state index contributed by atoms with van der Waals surface area (Å²) in [6.45, 7) is 4.10. The van der Waals surface area contributed by atoms with E-state index in [9.17, 15) is 0 Å². The van der Waals surface area contributed by atoms with E-state index < -0.39 is 5.97 Å². The van der Waals surface area contributed by atoms with Gasteiger partial charge in [0, 0.05) is 0 Å². The van der Waals surface area contributed by atoms with Gasteiger partial charge in [-0.25, -0.2) is 0 Å². The first-order valence-electron chi connectivity index (χ1n) is 3.61. The molecule has 0 saturated carbocycles. The van der Waals surface area contributed by atoms with Gasteiger partial charge in [-0.2, -0.15) is 9.78 Å². The Morgan fingerprint density at radius 2 is 2.09 bits per heavy atom. The minimum atomic E-state index is -1.16. The maximum absolute atomic E-state index is 5.67. The molecule has 1 fully saturated rings. The summed E-state index contributed by atoms with van der Waals surface area (Å²) < 4.78 is 4.44. The van der Waals surface area contributed by atoms with E-state index in [0.29, 0.717) is 5.92 Å². The Balaban J connectivity index is 2.34. The molecule has 0 aromatic heterocycles. The van der Waals surface area contributed by atoms with Crippen LogP contribution in [-0.4, -0.2) is 20.1 Å². The molecule has 1 aliphatic heterocycles. The third kappa shape index (κ3) is 1.93. The number of nitrogens with two attached hydrogens (primary N) is 1. The van der Waals surface area contributed by atoms with Gasteiger partial charge in [-0.05, 0) is 12.3 Å². The zero-order chi connectivity index (χ0) is 8.48. The SMILES string of the molecule is [B]OC1([C@@H](N)CC(C)C)OO1. The predicted molar refractivity (Wildman–Crippen MR) is 39.2 cm³/mol. The van der Waals surface area contributed by atoms with E-state index in [1.807, 2.05) is 13.8 Å². The second-order valence-electron chi connectivity index (χ2n) is 3.12. The molecule has 0 aromatic carbocycles. The van der Waals surface area contributed by atoms with Crippen molar-refractivity contribution >= 4 is 8.05 Å². The lowest BCUT2D eigenvalue weighted by atomic mass is 10.0. The summed E-state index contributed by atoms with van der Waals surface area (Å²) in [5.41, 5.74) is 5.67. The van der Waals surface area contributed by atoms with Gasteiger partial charge in [-0.1, -0.05) is 13.8 Å². The van der Waals surface area contributed by atoms with Crippen LogP contribution in [0.5, 0.6) is 0 Å². The molecule has 0 aliphatic carbocycles. The Morgan fingerprint density at radius 1 is 1.55 bits per heavy atom. The van der Waals surface area contributed by atoms with Gasteiger partial charge in [0.2, 0.25) is 0 Å². The van der Waals surface area contributed by atoms with E-state index in [2.05, 4.69) is 14.4 Å². The Morgan fingerprint density at radius 3 is 2.36 bits per heavy atom. The number of hydrogen-bond acceptors (Lipinski definition) is 4. The minimum absolute atomic E-state index is 0.326. The molecule has 0 unspecified atom stereocenters. The van der Waals surface area contributed by atoms with Gasteiger partial charge >= 0.3 is 5.97 Å². The van der Waals surface area contributed by atoms with Crippen molar-refractivity contribution in [3.63, 3.8) is 0 Å². The first-order valence-corrected chi connectivity index (χ1v) is 3.61. The van der Waals surface area contributed by atoms with Crippen LogP contribution in [0, 0.1) is 5.92 Å². The smallest absolute Gasteiger partial charge is 0.341 e. The molecular weight excluding hydrogens is 145 g/mol. The molecule has 4 nitrogen and oxygen atoms in total. The topological polar surface area (TPSA) is 60.3 Å². The summed E-state index contributed by atoms with van der Waals surface area (Å²) >= 11 is 0. The molecule has 2 radical (unpaired) electrons. The fourth-order valence-corrected chi connectivity index (χ4v) is 0.944. The molecule has 0 amide bonds. The lowest BCUT2D eigenvalue weighted by Gasteiger charge is -2.16. The third-order valence-electron chi connectivity index (χ3n) is 1.59. The largest absolute Gasteiger partial charge is 0.396 e. The molecule has 1 saturated heterocycles. The highest BCUT2D eigenvalue weighted by atomic mass is 17.4. The van der Waals surface area contributed by atoms with Crippen LogP contribution in [0.2, 0.25) is 0 Å². The molecule has 1 rings (SSSR count). The van der Waals surface area contributed by atoms with Gasteiger partial charge in [0.15, 0.2) is 0 Å². The second-order valence-corrected chi connectivity index (χ2v) is 3.12. The van der Waals surface area contributed by atoms with Crippen molar-refractivity contribution in [2.75, 3.05) is 0 Å². The molecular formula is C6H12BNO3. The molecule has 2 N–H and O–H groups in total. The molecule has 0 aromatic rings. The van der Waals surface area contributed by atoms with E-state index in [4.69, 9.17) is 13.8 Å². The summed E-state index contributed by atoms with van der Waals surface area (Å²) in [4.78, 5) is 9.07. The highest BCUT2D eigenvalue weighted by Gasteiger charge is 2.54. The lowest BCUT2D eigenvalue weighted by Crippen LogP contribution is -2.40. The fraction of sp³-hybridized carbons (Fsp3) is 1.00. The van der Waals surface area contributed by atoms with Crippen LogP contribution in [0.4, 0.5) is 0 Å². The van der Waals surface area contributed by atoms with Crippen molar-refractivity contribution in [1.82, 2.24) is 0 Å². The summed E-state index contributed by atoms with van der Waals surface area (Å²) in [7, 11) is 4.92. The molecule has 0 spiro atoms. The van der Waals surface area contributed by atoms with Crippen LogP contribution in [0.3, 0.4) is 0 Å². The molecule has 5 heteroatoms. The van der Waals surface area contributed by atoms with Crippen molar-refractivity contribution in [2.45, 2.75) is 32.3 Å². The van der Waals surface area contributed by atoms with Crippen LogP contribution < -0.4 is 5.73 Å². The highest BCUT2D eigenvalue weighted by Crippen LogP contribution is 2.34. The van der Waals surface area contributed by atoms with Gasteiger partial charge in [-0.3, -0.25) is 0 Å². The standard InChI is InChI=1S/C6H12BNO3/c1-4(2)3-5(8)6(9-7)10-11-6/h4-5H,3,8H2,1-2H3/t5-/m0/s1. The van der Waals surface area contributed by atoms with Crippen LogP contribution >= 0.6 is 0 Å². The average Bonchev–Trinajstić information content (AvgIpc) is 2.65. The van der Waals surface area contributed by atoms with Gasteiger partial charge in [0.1, 0.15) is 0 Å². The van der Waals surface area contributed by atoms with Crippen molar-refractivity contribution < 1.29 is 14.4 Å². The molecule has 1 atom stereocenters. The molecule has 11 heavy (non-hydrogen) atoms. The third-order valence-corrected chi connectivity index (χ3v) is 1.59. The number of hydrogen-bond donors (Lipinski definition) is 1. The first-order chi connectivity index (χ1) is 5.10. The maximum atomic E-state index is 5.67. The van der Waals surface area contributed by atoms with Crippen molar-refractivity contribution in [3.05, 3.63) is 0 Å². The van der Waals surface area contributed by atoms with Crippen molar-refractivity contribution in [2.24, 2.45) is 11.7 Å². The zero-order valence-corrected chi connectivity index (χ0v) is 6.74. The molecule has 0 bridgehead atoms. The summed E-state index contributed by atoms with van der Waals surface area (Å²) in [5.74, 6) is -0.700. The molecule has 1 heterocycles. The second kappa shape index (κ2) is 3.10. The number of rotatable bonds is 4. The Bertz CT molecular complexity index is 138. The maximum Gasteiger partial charge on any atom is 0.341 e. The van der Waals surface area contributed by atoms with Crippen molar-refractivity contribution in [1.29, 1.82) is 0 Å². The highest BCUT2D eigenvalue weighted by molar-refractivity contribution is 5.98. The Hall–Kier alpha value is -0.0951. The quantitative estimate of drug-likeness (QED) is 0.356. The van der Waals surface area contributed by atoms with Crippen LogP contribution in [0.25, 0.3) is 0 Å². The minimum Gasteiger partial charge on any atom is -0.396 e. The Labute approximate surface area is 67.4 Å². The van der Waals surface area contributed by atoms with Crippen LogP contribution in [0.15, 0.2) is 0 Å². The van der Waals surface area contributed by atoms with Gasteiger partial charge in [0.05, 0.1) is 6.04 Å². The Kier molecular flexibility index (Phi) is 2.54. The summed E-state index contributed by atoms with van der Waals surface area (Å²) in [6, 6.07) is -0.326. The van der Waals surface area contributed by atoms with E-state index in [1.54, 1.807) is 0 Å². The van der Waals surface area contributed by atoms with Gasteiger partial charge < -0.3 is 10.4 Å². The molecule has 1 aliphatic rings. The summed E-state index contributed by atoms with van der Waals surface area (Å²) in [5, 5.41) is 0. The lowest BCUT2D eigenvalue weighted by molar-refractivity contribution is 0.0333. The average molecular weight is 157 g/mol. The van der Waals surface area contributed by atoms with Gasteiger partial charge in [-0.15, -0.1) is 0 Å². The van der Waals surface area contributed by atoms with Crippen LogP contribution in [0.1, 0.15) is 20.3 Å². The predicted octanol–water partition coefficient (Wildman–Crippen LogP) is 0.0755. The fourth-order valence-electron chi connectivity index (χ4n) is 0.944. The molecule has 62 valence electrons. The van der Waals surface area contributed by atoms with E-state index in [-0.39, 0.29) is 6.04 Å². The van der Waals surface area contributed by atoms with Crippen molar-refractivity contribution in [3.8, 4) is 0 Å². The first kappa shape index (κ1) is 9.00. The monoisotopic (exact) mass is 157 g/mol. The van der Waals surface area contributed by atoms with E-state index in [0.717, 1.165) is 6.42 Å². The normalized spacial score (nSPS) is 23.6. The summed E-state index contributed by atoms with van der Waals surface area (Å²) in [6.07, 6.45) is 0.747. The van der Waals surface area contributed by atoms with Crippen LogP contribution in [-0.2, 0) is 14.4 Å².